The van der Waals surface area contributed by atoms with Crippen molar-refractivity contribution in [3.05, 3.63) is 27.8 Å². The lowest BCUT2D eigenvalue weighted by Crippen LogP contribution is -2.10. The summed E-state index contributed by atoms with van der Waals surface area (Å²) < 4.78 is 5.97. The molecule has 0 fully saturated rings. The first-order valence-corrected chi connectivity index (χ1v) is 5.72. The molecule has 0 N–H and O–H groups in total. The highest BCUT2D eigenvalue weighted by Crippen LogP contribution is 2.44. The second-order valence-electron chi connectivity index (χ2n) is 4.85. The lowest BCUT2D eigenvalue weighted by Gasteiger charge is -2.15. The Morgan fingerprint density at radius 3 is 1.93 bits per heavy atom. The van der Waals surface area contributed by atoms with E-state index in [2.05, 4.69) is 41.5 Å². The topological polar surface area (TPSA) is 9.23 Å². The van der Waals surface area contributed by atoms with Crippen LogP contribution in [0.1, 0.15) is 47.6 Å². The molecule has 0 radical (unpaired) electrons. The minimum atomic E-state index is 0.318. The lowest BCUT2D eigenvalue weighted by atomic mass is 9.87. The van der Waals surface area contributed by atoms with Crippen LogP contribution in [0.5, 0.6) is 5.75 Å². The molecule has 1 aliphatic rings. The second kappa shape index (κ2) is 3.26. The van der Waals surface area contributed by atoms with E-state index < -0.39 is 0 Å². The molecule has 0 spiro atoms. The van der Waals surface area contributed by atoms with Crippen LogP contribution in [0.25, 0.3) is 0 Å². The van der Waals surface area contributed by atoms with E-state index in [-0.39, 0.29) is 0 Å². The molecule has 0 aromatic heterocycles. The Hall–Kier alpha value is -0.980. The summed E-state index contributed by atoms with van der Waals surface area (Å²) in [5, 5.41) is 0. The number of hydrogen-bond donors (Lipinski definition) is 0. The predicted octanol–water partition coefficient (Wildman–Crippen LogP) is 3.80. The van der Waals surface area contributed by atoms with Gasteiger partial charge in [0.1, 0.15) is 11.9 Å². The van der Waals surface area contributed by atoms with Crippen molar-refractivity contribution >= 4 is 0 Å². The quantitative estimate of drug-likeness (QED) is 0.624. The fourth-order valence-electron chi connectivity index (χ4n) is 2.53. The summed E-state index contributed by atoms with van der Waals surface area (Å²) in [5.74, 6) is 1.67. The minimum absolute atomic E-state index is 0.318. The Bertz CT molecular complexity index is 418. The summed E-state index contributed by atoms with van der Waals surface area (Å²) in [6, 6.07) is 0. The first kappa shape index (κ1) is 10.5. The van der Waals surface area contributed by atoms with Gasteiger partial charge in [-0.05, 0) is 56.9 Å². The zero-order chi connectivity index (χ0) is 11.3. The minimum Gasteiger partial charge on any atom is -0.489 e. The third-order valence-electron chi connectivity index (χ3n) is 4.14. The molecule has 1 heteroatoms. The number of hydrogen-bond acceptors (Lipinski definition) is 1. The largest absolute Gasteiger partial charge is 0.489 e. The Kier molecular flexibility index (Phi) is 2.29. The molecule has 0 amide bonds. The van der Waals surface area contributed by atoms with Crippen LogP contribution in [0, 0.1) is 27.7 Å². The number of fused-ring (bicyclic) bond motifs is 1. The van der Waals surface area contributed by atoms with Crippen LogP contribution in [0.15, 0.2) is 0 Å². The summed E-state index contributed by atoms with van der Waals surface area (Å²) in [6.45, 7) is 13.2. The molecule has 0 saturated heterocycles. The van der Waals surface area contributed by atoms with E-state index in [1.807, 2.05) is 0 Å². The van der Waals surface area contributed by atoms with Crippen molar-refractivity contribution in [2.45, 2.75) is 53.6 Å². The molecule has 15 heavy (non-hydrogen) atoms. The van der Waals surface area contributed by atoms with Crippen molar-refractivity contribution in [1.29, 1.82) is 0 Å². The van der Waals surface area contributed by atoms with Crippen LogP contribution in [-0.2, 0) is 0 Å². The van der Waals surface area contributed by atoms with Crippen molar-refractivity contribution in [3.63, 3.8) is 0 Å². The van der Waals surface area contributed by atoms with Gasteiger partial charge in [0.15, 0.2) is 0 Å². The van der Waals surface area contributed by atoms with Gasteiger partial charge in [-0.25, -0.2) is 0 Å². The van der Waals surface area contributed by atoms with E-state index in [1.54, 1.807) is 0 Å². The third kappa shape index (κ3) is 1.29. The average molecular weight is 204 g/mol. The van der Waals surface area contributed by atoms with Crippen molar-refractivity contribution in [2.24, 2.45) is 0 Å². The SMILES string of the molecule is Cc1c(C)c(C)c2c(c1C)OC(C)C2C. The Morgan fingerprint density at radius 1 is 0.800 bits per heavy atom. The van der Waals surface area contributed by atoms with Crippen molar-refractivity contribution < 1.29 is 4.74 Å². The number of ether oxygens (including phenoxy) is 1. The molecule has 1 aromatic rings. The van der Waals surface area contributed by atoms with Crippen LogP contribution in [-0.4, -0.2) is 6.10 Å². The lowest BCUT2D eigenvalue weighted by molar-refractivity contribution is 0.231. The van der Waals surface area contributed by atoms with Gasteiger partial charge in [0.05, 0.1) is 0 Å². The van der Waals surface area contributed by atoms with Gasteiger partial charge < -0.3 is 4.74 Å². The molecule has 1 aromatic carbocycles. The van der Waals surface area contributed by atoms with E-state index in [9.17, 15) is 0 Å². The van der Waals surface area contributed by atoms with Gasteiger partial charge in [0.25, 0.3) is 0 Å². The zero-order valence-electron chi connectivity index (χ0n) is 10.6. The second-order valence-corrected chi connectivity index (χ2v) is 4.85. The first-order valence-electron chi connectivity index (χ1n) is 5.72. The summed E-state index contributed by atoms with van der Waals surface area (Å²) in [4.78, 5) is 0. The van der Waals surface area contributed by atoms with Crippen molar-refractivity contribution in [2.75, 3.05) is 0 Å². The van der Waals surface area contributed by atoms with Gasteiger partial charge in [-0.2, -0.15) is 0 Å². The van der Waals surface area contributed by atoms with Crippen LogP contribution in [0.2, 0.25) is 0 Å². The van der Waals surface area contributed by atoms with Crippen molar-refractivity contribution in [3.8, 4) is 5.75 Å². The summed E-state index contributed by atoms with van der Waals surface area (Å²) in [6.07, 6.45) is 0.318. The van der Waals surface area contributed by atoms with Crippen LogP contribution >= 0.6 is 0 Å². The van der Waals surface area contributed by atoms with Gasteiger partial charge in [-0.1, -0.05) is 6.92 Å². The molecular formula is C14H20O. The number of rotatable bonds is 0. The monoisotopic (exact) mass is 204 g/mol. The number of benzene rings is 1. The smallest absolute Gasteiger partial charge is 0.126 e. The van der Waals surface area contributed by atoms with E-state index in [1.165, 1.54) is 27.8 Å². The highest BCUT2D eigenvalue weighted by Gasteiger charge is 2.31. The third-order valence-corrected chi connectivity index (χ3v) is 4.14. The summed E-state index contributed by atoms with van der Waals surface area (Å²) in [5.41, 5.74) is 6.99. The first-order chi connectivity index (χ1) is 6.95. The van der Waals surface area contributed by atoms with E-state index >= 15 is 0 Å². The van der Waals surface area contributed by atoms with Gasteiger partial charge in [-0.15, -0.1) is 0 Å². The van der Waals surface area contributed by atoms with Crippen LogP contribution in [0.3, 0.4) is 0 Å². The van der Waals surface area contributed by atoms with Crippen molar-refractivity contribution in [1.82, 2.24) is 0 Å². The maximum absolute atomic E-state index is 5.97. The molecular weight excluding hydrogens is 184 g/mol. The maximum Gasteiger partial charge on any atom is 0.126 e. The molecule has 82 valence electrons. The standard InChI is InChI=1S/C14H20O/c1-7-8(2)10(4)14-13(9(7)3)11(5)12(6)15-14/h11-12H,1-6H3. The van der Waals surface area contributed by atoms with E-state index in [0.717, 1.165) is 5.75 Å². The van der Waals surface area contributed by atoms with Crippen LogP contribution in [0.4, 0.5) is 0 Å². The molecule has 2 atom stereocenters. The molecule has 2 rings (SSSR count). The van der Waals surface area contributed by atoms with Gasteiger partial charge in [-0.3, -0.25) is 0 Å². The highest BCUT2D eigenvalue weighted by atomic mass is 16.5. The van der Waals surface area contributed by atoms with E-state index in [0.29, 0.717) is 12.0 Å². The molecule has 0 bridgehead atoms. The fraction of sp³-hybridized carbons (Fsp3) is 0.571. The maximum atomic E-state index is 5.97. The van der Waals surface area contributed by atoms with Gasteiger partial charge in [0, 0.05) is 11.5 Å². The van der Waals surface area contributed by atoms with E-state index in [4.69, 9.17) is 4.74 Å². The molecule has 0 saturated carbocycles. The molecule has 2 unspecified atom stereocenters. The normalized spacial score (nSPS) is 23.9. The van der Waals surface area contributed by atoms with Gasteiger partial charge in [0.2, 0.25) is 0 Å². The van der Waals surface area contributed by atoms with Crippen LogP contribution < -0.4 is 4.74 Å². The summed E-state index contributed by atoms with van der Waals surface area (Å²) >= 11 is 0. The molecule has 1 aliphatic heterocycles. The fourth-order valence-corrected chi connectivity index (χ4v) is 2.53. The Morgan fingerprint density at radius 2 is 1.33 bits per heavy atom. The Balaban J connectivity index is 2.75. The van der Waals surface area contributed by atoms with Gasteiger partial charge >= 0.3 is 0 Å². The predicted molar refractivity (Wildman–Crippen MR) is 63.9 cm³/mol. The Labute approximate surface area is 92.5 Å². The zero-order valence-corrected chi connectivity index (χ0v) is 10.6. The summed E-state index contributed by atoms with van der Waals surface area (Å²) in [7, 11) is 0. The average Bonchev–Trinajstić information content (AvgIpc) is 2.50. The molecule has 1 nitrogen and oxygen atoms in total. The molecule has 1 heterocycles. The highest BCUT2D eigenvalue weighted by molar-refractivity contribution is 5.57. The molecule has 0 aliphatic carbocycles.